The molecule has 0 bridgehead atoms. The van der Waals surface area contributed by atoms with Gasteiger partial charge < -0.3 is 24.8 Å². The normalized spacial score (nSPS) is 24.0. The van der Waals surface area contributed by atoms with Crippen LogP contribution in [0.1, 0.15) is 48.9 Å². The molecule has 1 saturated heterocycles. The molecule has 0 spiro atoms. The summed E-state index contributed by atoms with van der Waals surface area (Å²) < 4.78 is 10.7. The molecule has 168 valence electrons. The lowest BCUT2D eigenvalue weighted by molar-refractivity contribution is -0.170. The Hall–Kier alpha value is -3.11. The zero-order valence-corrected chi connectivity index (χ0v) is 18.3. The Kier molecular flexibility index (Phi) is 6.07. The van der Waals surface area contributed by atoms with Crippen LogP contribution in [0.2, 0.25) is 0 Å². The van der Waals surface area contributed by atoms with E-state index in [9.17, 15) is 24.3 Å². The maximum Gasteiger partial charge on any atom is 0.359 e. The number of thioether (sulfide) groups is 1. The van der Waals surface area contributed by atoms with Crippen LogP contribution in [-0.2, 0) is 23.9 Å². The van der Waals surface area contributed by atoms with Crippen molar-refractivity contribution in [2.75, 3.05) is 6.61 Å². The van der Waals surface area contributed by atoms with Gasteiger partial charge in [0.15, 0.2) is 0 Å². The summed E-state index contributed by atoms with van der Waals surface area (Å²) in [5.41, 5.74) is 1.47. The molecule has 1 fully saturated rings. The van der Waals surface area contributed by atoms with Gasteiger partial charge in [-0.05, 0) is 24.8 Å². The second-order valence-corrected chi connectivity index (χ2v) is 8.66. The average molecular weight is 458 g/mol. The summed E-state index contributed by atoms with van der Waals surface area (Å²) in [7, 11) is 0. The molecular formula is C22H22N2O7S. The second kappa shape index (κ2) is 8.79. The highest BCUT2D eigenvalue weighted by Gasteiger charge is 2.55. The number of carbonyl (C=O) groups is 4. The molecule has 2 N–H and O–H groups in total. The summed E-state index contributed by atoms with van der Waals surface area (Å²) in [6, 6.07) is 6.39. The van der Waals surface area contributed by atoms with Crippen molar-refractivity contribution in [3.05, 3.63) is 57.1 Å². The predicted octanol–water partition coefficient (Wildman–Crippen LogP) is 1.95. The smallest absolute Gasteiger partial charge is 0.359 e. The van der Waals surface area contributed by atoms with Crippen molar-refractivity contribution < 1.29 is 33.8 Å². The van der Waals surface area contributed by atoms with Gasteiger partial charge in [0.2, 0.25) is 11.8 Å². The van der Waals surface area contributed by atoms with Gasteiger partial charge >= 0.3 is 11.9 Å². The minimum absolute atomic E-state index is 0.103. The minimum Gasteiger partial charge on any atom is -0.417 e. The van der Waals surface area contributed by atoms with Gasteiger partial charge in [-0.1, -0.05) is 30.0 Å². The number of amides is 2. The Morgan fingerprint density at radius 3 is 2.78 bits per heavy atom. The lowest BCUT2D eigenvalue weighted by atomic mass is 9.85. The highest BCUT2D eigenvalue weighted by atomic mass is 32.2. The summed E-state index contributed by atoms with van der Waals surface area (Å²) >= 11 is 1.22. The predicted molar refractivity (Wildman–Crippen MR) is 113 cm³/mol. The number of nitrogens with zero attached hydrogens (tertiary/aromatic N) is 1. The molecule has 3 aliphatic heterocycles. The van der Waals surface area contributed by atoms with E-state index in [4.69, 9.17) is 9.47 Å². The standard InChI is InChI=1S/C22H22N2O7S/c1-11(23-12(2)26)10-32-17-9-16-15(7-8-25)19(27)24(16)18(17)21(29)31-22-14-6-4-3-5-13(14)20(28)30-22/h3-6,10,15-16,22,25H,7-9H2,1-2H3,(H,23,26)/t15-,16+,22?/m0/s1. The number of allylic oxidation sites excluding steroid dienone is 1. The first-order valence-corrected chi connectivity index (χ1v) is 11.0. The fraction of sp³-hybridized carbons (Fsp3) is 0.364. The number of esters is 2. The molecule has 3 heterocycles. The third-order valence-corrected chi connectivity index (χ3v) is 6.61. The van der Waals surface area contributed by atoms with E-state index in [0.29, 0.717) is 34.6 Å². The van der Waals surface area contributed by atoms with E-state index < -0.39 is 18.2 Å². The number of fused-ring (bicyclic) bond motifs is 2. The lowest BCUT2D eigenvalue weighted by Gasteiger charge is -2.43. The van der Waals surface area contributed by atoms with E-state index in [1.807, 2.05) is 0 Å². The number of carbonyl (C=O) groups excluding carboxylic acids is 4. The topological polar surface area (TPSA) is 122 Å². The molecule has 0 aliphatic carbocycles. The van der Waals surface area contributed by atoms with E-state index in [1.54, 1.807) is 36.6 Å². The van der Waals surface area contributed by atoms with Crippen LogP contribution in [-0.4, -0.2) is 46.4 Å². The van der Waals surface area contributed by atoms with Crippen molar-refractivity contribution in [2.24, 2.45) is 5.92 Å². The van der Waals surface area contributed by atoms with Gasteiger partial charge in [-0.25, -0.2) is 9.59 Å². The fourth-order valence-corrected chi connectivity index (χ4v) is 5.06. The minimum atomic E-state index is -1.19. The van der Waals surface area contributed by atoms with Crippen LogP contribution in [0.15, 0.2) is 46.0 Å². The van der Waals surface area contributed by atoms with Gasteiger partial charge in [0.25, 0.3) is 6.29 Å². The average Bonchev–Trinajstić information content (AvgIpc) is 3.26. The highest BCUT2D eigenvalue weighted by Crippen LogP contribution is 2.48. The van der Waals surface area contributed by atoms with Crippen molar-refractivity contribution in [1.29, 1.82) is 0 Å². The Bertz CT molecular complexity index is 1060. The van der Waals surface area contributed by atoms with Gasteiger partial charge in [0, 0.05) is 36.1 Å². The first-order chi connectivity index (χ1) is 15.3. The summed E-state index contributed by atoms with van der Waals surface area (Å²) in [4.78, 5) is 51.1. The van der Waals surface area contributed by atoms with Crippen LogP contribution in [0.4, 0.5) is 0 Å². The molecule has 3 aliphatic rings. The molecule has 0 aromatic heterocycles. The van der Waals surface area contributed by atoms with Crippen molar-refractivity contribution in [2.45, 2.75) is 39.0 Å². The molecule has 9 nitrogen and oxygen atoms in total. The molecule has 1 unspecified atom stereocenters. The van der Waals surface area contributed by atoms with E-state index in [1.165, 1.54) is 23.6 Å². The Labute approximate surface area is 188 Å². The highest BCUT2D eigenvalue weighted by molar-refractivity contribution is 8.05. The number of β-lactam (4-membered cyclic amide) rings is 1. The number of benzene rings is 1. The monoisotopic (exact) mass is 458 g/mol. The van der Waals surface area contributed by atoms with Gasteiger partial charge in [-0.15, -0.1) is 0 Å². The maximum absolute atomic E-state index is 13.1. The Balaban J connectivity index is 1.58. The van der Waals surface area contributed by atoms with Gasteiger partial charge in [0.1, 0.15) is 5.70 Å². The van der Waals surface area contributed by atoms with Crippen LogP contribution in [0.25, 0.3) is 0 Å². The summed E-state index contributed by atoms with van der Waals surface area (Å²) in [5, 5.41) is 13.6. The molecule has 4 rings (SSSR count). The lowest BCUT2D eigenvalue weighted by Crippen LogP contribution is -2.58. The fourth-order valence-electron chi connectivity index (χ4n) is 4.13. The van der Waals surface area contributed by atoms with Crippen molar-refractivity contribution in [3.63, 3.8) is 0 Å². The molecule has 1 aromatic rings. The van der Waals surface area contributed by atoms with Gasteiger partial charge in [-0.2, -0.15) is 0 Å². The largest absolute Gasteiger partial charge is 0.417 e. The first kappa shape index (κ1) is 22.1. The van der Waals surface area contributed by atoms with Crippen molar-refractivity contribution in [3.8, 4) is 0 Å². The van der Waals surface area contributed by atoms with E-state index in [-0.39, 0.29) is 36.1 Å². The molecule has 32 heavy (non-hydrogen) atoms. The third-order valence-electron chi connectivity index (χ3n) is 5.50. The number of ether oxygens (including phenoxy) is 2. The van der Waals surface area contributed by atoms with Crippen LogP contribution in [0.3, 0.4) is 0 Å². The zero-order chi connectivity index (χ0) is 23.0. The zero-order valence-electron chi connectivity index (χ0n) is 17.5. The van der Waals surface area contributed by atoms with E-state index in [0.717, 1.165) is 0 Å². The Morgan fingerprint density at radius 1 is 1.31 bits per heavy atom. The summed E-state index contributed by atoms with van der Waals surface area (Å²) in [6.07, 6.45) is -0.448. The van der Waals surface area contributed by atoms with Gasteiger partial charge in [-0.3, -0.25) is 9.59 Å². The number of rotatable bonds is 7. The number of aliphatic hydroxyl groups is 1. The summed E-state index contributed by atoms with van der Waals surface area (Å²) in [6.45, 7) is 2.98. The molecular weight excluding hydrogens is 436 g/mol. The van der Waals surface area contributed by atoms with Crippen LogP contribution < -0.4 is 5.32 Å². The summed E-state index contributed by atoms with van der Waals surface area (Å²) in [5.74, 6) is -2.19. The van der Waals surface area contributed by atoms with Gasteiger partial charge in [0.05, 0.1) is 17.5 Å². The first-order valence-electron chi connectivity index (χ1n) is 10.1. The molecule has 2 amide bonds. The van der Waals surface area contributed by atoms with E-state index in [2.05, 4.69) is 5.32 Å². The van der Waals surface area contributed by atoms with Crippen molar-refractivity contribution >= 4 is 35.5 Å². The number of aliphatic hydroxyl groups excluding tert-OH is 1. The van der Waals surface area contributed by atoms with Crippen LogP contribution in [0, 0.1) is 5.92 Å². The second-order valence-electron chi connectivity index (χ2n) is 7.70. The number of cyclic esters (lactones) is 1. The third kappa shape index (κ3) is 3.91. The molecule has 0 saturated carbocycles. The van der Waals surface area contributed by atoms with Crippen LogP contribution >= 0.6 is 11.8 Å². The SMILES string of the molecule is CC(=O)NC(C)=CSC1=C(C(=O)OC2OC(=O)c3ccccc32)N2C(=O)[C@@H](CCO)[C@H]2C1. The molecule has 10 heteroatoms. The number of hydrogen-bond donors (Lipinski definition) is 2. The number of nitrogens with one attached hydrogen (secondary N) is 1. The Morgan fingerprint density at radius 2 is 2.06 bits per heavy atom. The molecule has 1 aromatic carbocycles. The molecule has 3 atom stereocenters. The quantitative estimate of drug-likeness (QED) is 0.470. The van der Waals surface area contributed by atoms with Crippen molar-refractivity contribution in [1.82, 2.24) is 10.2 Å². The number of hydrogen-bond acceptors (Lipinski definition) is 8. The maximum atomic E-state index is 13.1. The molecule has 0 radical (unpaired) electrons. The van der Waals surface area contributed by atoms with Crippen LogP contribution in [0.5, 0.6) is 0 Å². The van der Waals surface area contributed by atoms with E-state index >= 15 is 0 Å².